The lowest BCUT2D eigenvalue weighted by molar-refractivity contribution is -0.154. The van der Waals surface area contributed by atoms with Gasteiger partial charge in [0.05, 0.1) is 11.9 Å². The molecule has 1 aromatic carbocycles. The zero-order valence-corrected chi connectivity index (χ0v) is 11.4. The number of hydrogen-bond acceptors (Lipinski definition) is 3. The van der Waals surface area contributed by atoms with E-state index in [1.807, 2.05) is 31.2 Å². The van der Waals surface area contributed by atoms with Gasteiger partial charge in [0.1, 0.15) is 0 Å². The number of aromatic nitrogens is 1. The van der Waals surface area contributed by atoms with Crippen molar-refractivity contribution in [1.29, 1.82) is 0 Å². The summed E-state index contributed by atoms with van der Waals surface area (Å²) >= 11 is 0. The Morgan fingerprint density at radius 3 is 2.38 bits per heavy atom. The van der Waals surface area contributed by atoms with Crippen LogP contribution in [-0.4, -0.2) is 17.8 Å². The van der Waals surface area contributed by atoms with Crippen LogP contribution in [0.3, 0.4) is 0 Å². The van der Waals surface area contributed by atoms with Gasteiger partial charge in [-0.25, -0.2) is 4.98 Å². The minimum absolute atomic E-state index is 0.0480. The summed E-state index contributed by atoms with van der Waals surface area (Å²) < 4.78 is 40.5. The number of anilines is 1. The average Bonchev–Trinajstić information content (AvgIpc) is 2.45. The van der Waals surface area contributed by atoms with Crippen molar-refractivity contribution in [1.82, 2.24) is 4.98 Å². The third kappa shape index (κ3) is 5.33. The van der Waals surface area contributed by atoms with E-state index in [0.717, 1.165) is 11.3 Å². The Bertz CT molecular complexity index is 565. The molecule has 0 aliphatic heterocycles. The van der Waals surface area contributed by atoms with Gasteiger partial charge in [0, 0.05) is 12.6 Å². The first kappa shape index (κ1) is 15.2. The summed E-state index contributed by atoms with van der Waals surface area (Å²) in [7, 11) is 0. The molecule has 2 aromatic rings. The Balaban J connectivity index is 1.86. The number of nitrogens with zero attached hydrogens (tertiary/aromatic N) is 1. The van der Waals surface area contributed by atoms with E-state index >= 15 is 0 Å². The highest BCUT2D eigenvalue weighted by Gasteiger charge is 2.28. The monoisotopic (exact) mass is 296 g/mol. The van der Waals surface area contributed by atoms with Crippen molar-refractivity contribution in [2.75, 3.05) is 11.9 Å². The number of aryl methyl sites for hydroxylation is 1. The van der Waals surface area contributed by atoms with E-state index in [0.29, 0.717) is 6.54 Å². The summed E-state index contributed by atoms with van der Waals surface area (Å²) in [5.74, 6) is -0.0480. The first-order valence-corrected chi connectivity index (χ1v) is 6.37. The van der Waals surface area contributed by atoms with E-state index in [9.17, 15) is 13.2 Å². The molecule has 0 spiro atoms. The van der Waals surface area contributed by atoms with Gasteiger partial charge >= 0.3 is 6.18 Å². The molecule has 0 aliphatic carbocycles. The van der Waals surface area contributed by atoms with Gasteiger partial charge in [-0.3, -0.25) is 0 Å². The van der Waals surface area contributed by atoms with Crippen molar-refractivity contribution >= 4 is 5.69 Å². The number of rotatable bonds is 5. The molecule has 0 saturated carbocycles. The lowest BCUT2D eigenvalue weighted by Gasteiger charge is -2.10. The zero-order chi connectivity index (χ0) is 15.3. The second-order valence-electron chi connectivity index (χ2n) is 4.63. The fourth-order valence-corrected chi connectivity index (χ4v) is 1.64. The summed E-state index contributed by atoms with van der Waals surface area (Å²) in [6.07, 6.45) is -2.91. The topological polar surface area (TPSA) is 34.1 Å². The first-order valence-electron chi connectivity index (χ1n) is 6.37. The van der Waals surface area contributed by atoms with Crippen LogP contribution in [0.15, 0.2) is 42.6 Å². The minimum Gasteiger partial charge on any atom is -0.468 e. The van der Waals surface area contributed by atoms with E-state index in [1.165, 1.54) is 17.8 Å². The van der Waals surface area contributed by atoms with Crippen molar-refractivity contribution in [2.24, 2.45) is 0 Å². The summed E-state index contributed by atoms with van der Waals surface area (Å²) in [6, 6.07) is 11.1. The summed E-state index contributed by atoms with van der Waals surface area (Å²) in [4.78, 5) is 3.82. The first-order chi connectivity index (χ1) is 9.92. The predicted octanol–water partition coefficient (Wildman–Crippen LogP) is 3.94. The third-order valence-electron chi connectivity index (χ3n) is 2.74. The van der Waals surface area contributed by atoms with Crippen molar-refractivity contribution in [2.45, 2.75) is 19.6 Å². The molecule has 0 radical (unpaired) electrons. The highest BCUT2D eigenvalue weighted by molar-refractivity contribution is 5.42. The largest absolute Gasteiger partial charge is 0.468 e. The lowest BCUT2D eigenvalue weighted by atomic mass is 10.1. The fourth-order valence-electron chi connectivity index (χ4n) is 1.64. The van der Waals surface area contributed by atoms with Gasteiger partial charge in [0.25, 0.3) is 0 Å². The maximum absolute atomic E-state index is 12.0. The molecule has 0 amide bonds. The van der Waals surface area contributed by atoms with Crippen LogP contribution in [0, 0.1) is 6.92 Å². The van der Waals surface area contributed by atoms with Crippen LogP contribution in [0.4, 0.5) is 18.9 Å². The number of halogens is 3. The number of benzene rings is 1. The quantitative estimate of drug-likeness (QED) is 0.907. The molecule has 3 nitrogen and oxygen atoms in total. The Kier molecular flexibility index (Phi) is 4.67. The fraction of sp³-hybridized carbons (Fsp3) is 0.267. The lowest BCUT2D eigenvalue weighted by Crippen LogP contribution is -2.19. The third-order valence-corrected chi connectivity index (χ3v) is 2.74. The van der Waals surface area contributed by atoms with Crippen LogP contribution < -0.4 is 10.1 Å². The van der Waals surface area contributed by atoms with E-state index < -0.39 is 12.8 Å². The molecule has 1 aromatic heterocycles. The highest BCUT2D eigenvalue weighted by Crippen LogP contribution is 2.18. The van der Waals surface area contributed by atoms with Gasteiger partial charge < -0.3 is 10.1 Å². The number of alkyl halides is 3. The molecule has 0 bridgehead atoms. The Labute approximate surface area is 120 Å². The van der Waals surface area contributed by atoms with Gasteiger partial charge in [-0.05, 0) is 18.6 Å². The molecule has 1 heterocycles. The zero-order valence-electron chi connectivity index (χ0n) is 11.4. The second-order valence-corrected chi connectivity index (χ2v) is 4.63. The maximum atomic E-state index is 12.0. The number of hydrogen-bond donors (Lipinski definition) is 1. The molecule has 6 heteroatoms. The smallest absolute Gasteiger partial charge is 0.422 e. The molecule has 0 aliphatic rings. The maximum Gasteiger partial charge on any atom is 0.422 e. The van der Waals surface area contributed by atoms with Crippen LogP contribution in [-0.2, 0) is 6.54 Å². The Morgan fingerprint density at radius 2 is 1.81 bits per heavy atom. The number of nitrogens with one attached hydrogen (secondary N) is 1. The molecular formula is C15H15F3N2O. The van der Waals surface area contributed by atoms with Gasteiger partial charge in [-0.15, -0.1) is 0 Å². The van der Waals surface area contributed by atoms with Crippen LogP contribution in [0.2, 0.25) is 0 Å². The van der Waals surface area contributed by atoms with E-state index in [1.54, 1.807) is 6.07 Å². The summed E-state index contributed by atoms with van der Waals surface area (Å²) in [5, 5.41) is 3.14. The summed E-state index contributed by atoms with van der Waals surface area (Å²) in [5.41, 5.74) is 3.01. The van der Waals surface area contributed by atoms with Crippen LogP contribution in [0.5, 0.6) is 5.88 Å². The van der Waals surface area contributed by atoms with Crippen molar-refractivity contribution in [3.05, 3.63) is 53.7 Å². The normalized spacial score (nSPS) is 11.2. The molecule has 112 valence electrons. The van der Waals surface area contributed by atoms with Crippen LogP contribution in [0.25, 0.3) is 0 Å². The molecule has 0 unspecified atom stereocenters. The van der Waals surface area contributed by atoms with Crippen LogP contribution in [0.1, 0.15) is 11.1 Å². The van der Waals surface area contributed by atoms with Gasteiger partial charge in [-0.2, -0.15) is 13.2 Å². The van der Waals surface area contributed by atoms with E-state index in [4.69, 9.17) is 0 Å². The van der Waals surface area contributed by atoms with E-state index in [-0.39, 0.29) is 5.88 Å². The Morgan fingerprint density at radius 1 is 1.10 bits per heavy atom. The van der Waals surface area contributed by atoms with Gasteiger partial charge in [0.2, 0.25) is 5.88 Å². The molecule has 2 rings (SSSR count). The predicted molar refractivity (Wildman–Crippen MR) is 74.3 cm³/mol. The Hall–Kier alpha value is -2.24. The average molecular weight is 296 g/mol. The van der Waals surface area contributed by atoms with Crippen molar-refractivity contribution in [3.8, 4) is 5.88 Å². The van der Waals surface area contributed by atoms with Crippen LogP contribution >= 0.6 is 0 Å². The van der Waals surface area contributed by atoms with Crippen molar-refractivity contribution in [3.63, 3.8) is 0 Å². The number of pyridine rings is 1. The highest BCUT2D eigenvalue weighted by atomic mass is 19.4. The van der Waals surface area contributed by atoms with Crippen molar-refractivity contribution < 1.29 is 17.9 Å². The molecule has 21 heavy (non-hydrogen) atoms. The molecule has 0 fully saturated rings. The molecule has 0 atom stereocenters. The summed E-state index contributed by atoms with van der Waals surface area (Å²) in [6.45, 7) is 1.29. The van der Waals surface area contributed by atoms with E-state index in [2.05, 4.69) is 15.0 Å². The molecular weight excluding hydrogens is 281 g/mol. The standard InChI is InChI=1S/C15H15F3N2O/c1-11-2-4-12(5-3-11)8-19-13-6-7-14(20-9-13)21-10-15(16,17)18/h2-7,9,19H,8,10H2,1H3. The molecule has 0 saturated heterocycles. The number of ether oxygens (including phenoxy) is 1. The molecule has 1 N–H and O–H groups in total. The van der Waals surface area contributed by atoms with Gasteiger partial charge in [0.15, 0.2) is 6.61 Å². The van der Waals surface area contributed by atoms with Gasteiger partial charge in [-0.1, -0.05) is 29.8 Å². The second kappa shape index (κ2) is 6.47. The minimum atomic E-state index is -4.36. The SMILES string of the molecule is Cc1ccc(CNc2ccc(OCC(F)(F)F)nc2)cc1.